The third kappa shape index (κ3) is 2.76. The molecule has 0 atom stereocenters. The molecule has 1 N–H and O–H groups in total. The number of nitrogens with one attached hydrogen (secondary N) is 1. The highest BCUT2D eigenvalue weighted by Crippen LogP contribution is 2.34. The largest absolute Gasteiger partial charge is 0.263 e. The highest BCUT2D eigenvalue weighted by atomic mass is 15.2. The Morgan fingerprint density at radius 1 is 0.722 bits per heavy atom. The second-order valence-electron chi connectivity index (χ2n) is 6.10. The van der Waals surface area contributed by atoms with Gasteiger partial charge in [0.05, 0.1) is 0 Å². The number of rotatable bonds is 2. The second-order valence-corrected chi connectivity index (χ2v) is 6.10. The van der Waals surface area contributed by atoms with Gasteiger partial charge in [0.1, 0.15) is 5.82 Å². The number of aromatic nitrogens is 3. The van der Waals surface area contributed by atoms with Gasteiger partial charge in [0.25, 0.3) is 0 Å². The van der Waals surface area contributed by atoms with Crippen molar-refractivity contribution >= 4 is 0 Å². The number of nitrogens with zero attached hydrogens (tertiary/aromatic N) is 2. The molecular formula is C15H25N3. The minimum absolute atomic E-state index is 0.622. The zero-order valence-corrected chi connectivity index (χ0v) is 11.3. The fraction of sp³-hybridized carbons (Fsp3) is 0.867. The lowest BCUT2D eigenvalue weighted by atomic mass is 9.91. The summed E-state index contributed by atoms with van der Waals surface area (Å²) < 4.78 is 0. The van der Waals surface area contributed by atoms with Crippen molar-refractivity contribution in [1.82, 2.24) is 15.2 Å². The molecule has 1 aromatic rings. The van der Waals surface area contributed by atoms with Crippen LogP contribution in [0.4, 0.5) is 0 Å². The van der Waals surface area contributed by atoms with Crippen molar-refractivity contribution in [3.63, 3.8) is 0 Å². The smallest absolute Gasteiger partial charge is 0.153 e. The van der Waals surface area contributed by atoms with E-state index in [1.54, 1.807) is 0 Å². The number of H-pyrrole nitrogens is 1. The second kappa shape index (κ2) is 5.85. The highest BCUT2D eigenvalue weighted by Gasteiger charge is 2.23. The van der Waals surface area contributed by atoms with E-state index in [0.29, 0.717) is 11.8 Å². The summed E-state index contributed by atoms with van der Waals surface area (Å²) in [4.78, 5) is 4.82. The van der Waals surface area contributed by atoms with Crippen LogP contribution in [-0.2, 0) is 0 Å². The standard InChI is InChI=1S/C15H25N3/c1-2-4-8-12(9-5-3-1)14-16-15(18-17-14)13-10-6-7-11-13/h12-13H,1-11H2,(H,16,17,18). The Morgan fingerprint density at radius 3 is 2.00 bits per heavy atom. The van der Waals surface area contributed by atoms with Crippen molar-refractivity contribution in [3.05, 3.63) is 11.6 Å². The van der Waals surface area contributed by atoms with Crippen LogP contribution >= 0.6 is 0 Å². The van der Waals surface area contributed by atoms with Crippen LogP contribution in [0.2, 0.25) is 0 Å². The van der Waals surface area contributed by atoms with Crippen molar-refractivity contribution in [2.24, 2.45) is 0 Å². The van der Waals surface area contributed by atoms with E-state index in [4.69, 9.17) is 4.98 Å². The molecule has 3 heteroatoms. The van der Waals surface area contributed by atoms with Crippen LogP contribution < -0.4 is 0 Å². The SMILES string of the molecule is C1CCCC(c2n[nH]c(C3CCCC3)n2)CCC1. The van der Waals surface area contributed by atoms with Crippen molar-refractivity contribution in [3.8, 4) is 0 Å². The molecule has 100 valence electrons. The molecule has 3 rings (SSSR count). The van der Waals surface area contributed by atoms with E-state index in [0.717, 1.165) is 5.82 Å². The van der Waals surface area contributed by atoms with Crippen LogP contribution in [-0.4, -0.2) is 15.2 Å². The lowest BCUT2D eigenvalue weighted by Crippen LogP contribution is -2.04. The minimum Gasteiger partial charge on any atom is -0.263 e. The summed E-state index contributed by atoms with van der Waals surface area (Å²) >= 11 is 0. The maximum absolute atomic E-state index is 4.82. The summed E-state index contributed by atoms with van der Waals surface area (Å²) in [7, 11) is 0. The molecule has 18 heavy (non-hydrogen) atoms. The van der Waals surface area contributed by atoms with E-state index in [2.05, 4.69) is 10.2 Å². The zero-order chi connectivity index (χ0) is 12.2. The number of hydrogen-bond donors (Lipinski definition) is 1. The molecular weight excluding hydrogens is 222 g/mol. The molecule has 2 saturated carbocycles. The van der Waals surface area contributed by atoms with Gasteiger partial charge < -0.3 is 0 Å². The van der Waals surface area contributed by atoms with E-state index in [-0.39, 0.29) is 0 Å². The molecule has 0 aliphatic heterocycles. The first kappa shape index (κ1) is 12.2. The Labute approximate surface area is 110 Å². The average molecular weight is 247 g/mol. The van der Waals surface area contributed by atoms with Gasteiger partial charge in [-0.25, -0.2) is 4.98 Å². The number of hydrogen-bond acceptors (Lipinski definition) is 2. The molecule has 0 amide bonds. The number of aromatic amines is 1. The maximum Gasteiger partial charge on any atom is 0.153 e. The van der Waals surface area contributed by atoms with Gasteiger partial charge in [-0.3, -0.25) is 5.10 Å². The maximum atomic E-state index is 4.82. The zero-order valence-electron chi connectivity index (χ0n) is 11.3. The van der Waals surface area contributed by atoms with Crippen molar-refractivity contribution in [1.29, 1.82) is 0 Å². The fourth-order valence-corrected chi connectivity index (χ4v) is 3.57. The van der Waals surface area contributed by atoms with E-state index in [1.807, 2.05) is 0 Å². The predicted molar refractivity (Wildman–Crippen MR) is 72.7 cm³/mol. The van der Waals surface area contributed by atoms with E-state index >= 15 is 0 Å². The van der Waals surface area contributed by atoms with Gasteiger partial charge in [0.2, 0.25) is 0 Å². The third-order valence-electron chi connectivity index (χ3n) is 4.73. The summed E-state index contributed by atoms with van der Waals surface area (Å²) in [5.41, 5.74) is 0. The lowest BCUT2D eigenvalue weighted by molar-refractivity contribution is 0.443. The van der Waals surface area contributed by atoms with Crippen molar-refractivity contribution in [2.45, 2.75) is 82.5 Å². The first-order valence-electron chi connectivity index (χ1n) is 7.85. The normalized spacial score (nSPS) is 24.0. The first-order valence-corrected chi connectivity index (χ1v) is 7.85. The molecule has 0 unspecified atom stereocenters. The average Bonchev–Trinajstić information content (AvgIpc) is 2.98. The van der Waals surface area contributed by atoms with Gasteiger partial charge in [-0.2, -0.15) is 5.10 Å². The van der Waals surface area contributed by atoms with Gasteiger partial charge in [-0.1, -0.05) is 44.9 Å². The van der Waals surface area contributed by atoms with Crippen LogP contribution in [0.5, 0.6) is 0 Å². The molecule has 1 heterocycles. The Hall–Kier alpha value is -0.860. The molecule has 0 bridgehead atoms. The van der Waals surface area contributed by atoms with Gasteiger partial charge in [0, 0.05) is 11.8 Å². The molecule has 3 nitrogen and oxygen atoms in total. The van der Waals surface area contributed by atoms with E-state index in [1.165, 1.54) is 76.5 Å². The summed E-state index contributed by atoms with van der Waals surface area (Å²) in [5.74, 6) is 3.57. The summed E-state index contributed by atoms with van der Waals surface area (Å²) in [6.07, 6.45) is 14.9. The minimum atomic E-state index is 0.622. The molecule has 2 fully saturated rings. The summed E-state index contributed by atoms with van der Waals surface area (Å²) in [5, 5.41) is 7.74. The Balaban J connectivity index is 1.66. The van der Waals surface area contributed by atoms with Crippen LogP contribution in [0, 0.1) is 0 Å². The van der Waals surface area contributed by atoms with Crippen LogP contribution in [0.15, 0.2) is 0 Å². The van der Waals surface area contributed by atoms with Gasteiger partial charge in [-0.05, 0) is 25.7 Å². The third-order valence-corrected chi connectivity index (χ3v) is 4.73. The van der Waals surface area contributed by atoms with E-state index in [9.17, 15) is 0 Å². The Morgan fingerprint density at radius 2 is 1.28 bits per heavy atom. The fourth-order valence-electron chi connectivity index (χ4n) is 3.57. The molecule has 1 aromatic heterocycles. The Bertz CT molecular complexity index is 358. The lowest BCUT2D eigenvalue weighted by Gasteiger charge is -2.16. The van der Waals surface area contributed by atoms with Crippen LogP contribution in [0.3, 0.4) is 0 Å². The molecule has 0 spiro atoms. The van der Waals surface area contributed by atoms with Crippen LogP contribution in [0.1, 0.15) is 94.1 Å². The molecule has 2 aliphatic carbocycles. The predicted octanol–water partition coefficient (Wildman–Crippen LogP) is 4.29. The molecule has 0 saturated heterocycles. The van der Waals surface area contributed by atoms with E-state index < -0.39 is 0 Å². The topological polar surface area (TPSA) is 41.6 Å². The highest BCUT2D eigenvalue weighted by molar-refractivity contribution is 5.03. The molecule has 2 aliphatic rings. The van der Waals surface area contributed by atoms with Gasteiger partial charge >= 0.3 is 0 Å². The molecule has 0 radical (unpaired) electrons. The van der Waals surface area contributed by atoms with Crippen LogP contribution in [0.25, 0.3) is 0 Å². The molecule has 0 aromatic carbocycles. The van der Waals surface area contributed by atoms with Crippen molar-refractivity contribution in [2.75, 3.05) is 0 Å². The summed E-state index contributed by atoms with van der Waals surface area (Å²) in [6.45, 7) is 0. The monoisotopic (exact) mass is 247 g/mol. The first-order chi connectivity index (χ1) is 8.93. The van der Waals surface area contributed by atoms with Gasteiger partial charge in [0.15, 0.2) is 5.82 Å². The Kier molecular flexibility index (Phi) is 3.96. The van der Waals surface area contributed by atoms with Gasteiger partial charge in [-0.15, -0.1) is 0 Å². The quantitative estimate of drug-likeness (QED) is 0.847. The van der Waals surface area contributed by atoms with Crippen molar-refractivity contribution < 1.29 is 0 Å². The summed E-state index contributed by atoms with van der Waals surface area (Å²) in [6, 6.07) is 0.